The predicted octanol–water partition coefficient (Wildman–Crippen LogP) is 2.10. The second kappa shape index (κ2) is 9.58. The molecule has 0 aliphatic carbocycles. The average molecular weight is 445 g/mol. The smallest absolute Gasteiger partial charge is 0.326 e. The summed E-state index contributed by atoms with van der Waals surface area (Å²) >= 11 is 0. The Kier molecular flexibility index (Phi) is 6.41. The van der Waals surface area contributed by atoms with Crippen molar-refractivity contribution in [3.05, 3.63) is 89.1 Å². The number of rotatable bonds is 8. The Morgan fingerprint density at radius 1 is 1.12 bits per heavy atom. The van der Waals surface area contributed by atoms with Gasteiger partial charge in [0.05, 0.1) is 18.7 Å². The second-order valence-electron chi connectivity index (χ2n) is 7.76. The lowest BCUT2D eigenvalue weighted by molar-refractivity contribution is -0.139. The number of aromatic nitrogens is 4. The lowest BCUT2D eigenvalue weighted by Crippen LogP contribution is -2.42. The molecule has 2 aromatic heterocycles. The van der Waals surface area contributed by atoms with Crippen LogP contribution in [0.25, 0.3) is 10.9 Å². The average Bonchev–Trinajstić information content (AvgIpc) is 3.31. The highest BCUT2D eigenvalue weighted by molar-refractivity contribution is 5.97. The van der Waals surface area contributed by atoms with Crippen LogP contribution in [0.5, 0.6) is 0 Å². The molecule has 33 heavy (non-hydrogen) atoms. The molecule has 0 saturated heterocycles. The number of carboxylic acids is 1. The molecule has 0 saturated carbocycles. The van der Waals surface area contributed by atoms with Gasteiger partial charge >= 0.3 is 5.97 Å². The molecule has 0 aliphatic heterocycles. The number of aryl methyl sites for hydroxylation is 1. The molecule has 9 nitrogen and oxygen atoms in total. The maximum absolute atomic E-state index is 12.9. The number of fused-ring (bicyclic) bond motifs is 1. The first-order valence-corrected chi connectivity index (χ1v) is 10.4. The van der Waals surface area contributed by atoms with Crippen molar-refractivity contribution in [2.45, 2.75) is 32.5 Å². The number of hydrogen-bond donors (Lipinski definition) is 3. The number of benzene rings is 2. The van der Waals surface area contributed by atoms with Crippen LogP contribution in [-0.2, 0) is 24.4 Å². The first kappa shape index (κ1) is 22.1. The van der Waals surface area contributed by atoms with Gasteiger partial charge in [0.2, 0.25) is 0 Å². The number of carbonyl (C=O) groups excluding carboxylic acids is 1. The van der Waals surface area contributed by atoms with Crippen molar-refractivity contribution in [3.8, 4) is 0 Å². The van der Waals surface area contributed by atoms with E-state index in [0.29, 0.717) is 23.2 Å². The third kappa shape index (κ3) is 5.04. The monoisotopic (exact) mass is 445 g/mol. The van der Waals surface area contributed by atoms with Gasteiger partial charge in [-0.3, -0.25) is 9.78 Å². The zero-order valence-electron chi connectivity index (χ0n) is 18.0. The number of para-hydroxylation sites is 1. The van der Waals surface area contributed by atoms with Crippen LogP contribution < -0.4 is 5.32 Å². The van der Waals surface area contributed by atoms with Crippen molar-refractivity contribution in [2.75, 3.05) is 0 Å². The van der Waals surface area contributed by atoms with E-state index in [1.54, 1.807) is 47.4 Å². The quantitative estimate of drug-likeness (QED) is 0.379. The largest absolute Gasteiger partial charge is 0.480 e. The molecular weight excluding hydrogens is 422 g/mol. The van der Waals surface area contributed by atoms with Gasteiger partial charge in [0.15, 0.2) is 0 Å². The summed E-state index contributed by atoms with van der Waals surface area (Å²) < 4.78 is 1.63. The summed E-state index contributed by atoms with van der Waals surface area (Å²) in [6.45, 7) is 2.11. The predicted molar refractivity (Wildman–Crippen MR) is 121 cm³/mol. The maximum atomic E-state index is 12.9. The third-order valence-electron chi connectivity index (χ3n) is 5.33. The van der Waals surface area contributed by atoms with Crippen molar-refractivity contribution in [3.63, 3.8) is 0 Å². The Morgan fingerprint density at radius 2 is 1.94 bits per heavy atom. The minimum absolute atomic E-state index is 0.0540. The fourth-order valence-electron chi connectivity index (χ4n) is 3.79. The van der Waals surface area contributed by atoms with Gasteiger partial charge in [0, 0.05) is 23.1 Å². The summed E-state index contributed by atoms with van der Waals surface area (Å²) in [5.74, 6) is -1.63. The van der Waals surface area contributed by atoms with Gasteiger partial charge in [0.25, 0.3) is 5.91 Å². The van der Waals surface area contributed by atoms with E-state index in [4.69, 9.17) is 0 Å². The zero-order valence-corrected chi connectivity index (χ0v) is 18.0. The molecule has 4 aromatic rings. The normalized spacial score (nSPS) is 11.9. The lowest BCUT2D eigenvalue weighted by Gasteiger charge is -2.17. The number of carbonyl (C=O) groups is 2. The molecule has 4 rings (SSSR count). The van der Waals surface area contributed by atoms with Gasteiger partial charge < -0.3 is 15.5 Å². The molecule has 0 aliphatic rings. The van der Waals surface area contributed by atoms with E-state index in [-0.39, 0.29) is 13.0 Å². The van der Waals surface area contributed by atoms with Crippen molar-refractivity contribution in [1.29, 1.82) is 0 Å². The molecule has 0 unspecified atom stereocenters. The Balaban J connectivity index is 1.56. The number of nitrogens with one attached hydrogen (secondary N) is 1. The maximum Gasteiger partial charge on any atom is 0.326 e. The lowest BCUT2D eigenvalue weighted by atomic mass is 9.99. The summed E-state index contributed by atoms with van der Waals surface area (Å²) in [6, 6.07) is 13.0. The second-order valence-corrected chi connectivity index (χ2v) is 7.76. The van der Waals surface area contributed by atoms with Crippen LogP contribution in [0.2, 0.25) is 0 Å². The van der Waals surface area contributed by atoms with Crippen LogP contribution in [0.4, 0.5) is 0 Å². The molecule has 0 radical (unpaired) electrons. The zero-order chi connectivity index (χ0) is 23.4. The highest BCUT2D eigenvalue weighted by Crippen LogP contribution is 2.23. The van der Waals surface area contributed by atoms with Gasteiger partial charge in [-0.25, -0.2) is 14.5 Å². The number of hydrogen-bond acceptors (Lipinski definition) is 6. The van der Waals surface area contributed by atoms with Crippen LogP contribution in [0.3, 0.4) is 0 Å². The SMILES string of the molecule is Cc1cc(CO)c2cccc(C[C@H](NC(=O)c3cccc(Cn4cncn4)c3)C(=O)O)c2n1. The Bertz CT molecular complexity index is 1300. The van der Waals surface area contributed by atoms with E-state index < -0.39 is 17.9 Å². The van der Waals surface area contributed by atoms with Crippen molar-refractivity contribution < 1.29 is 19.8 Å². The molecule has 1 amide bonds. The molecule has 0 bridgehead atoms. The fourth-order valence-corrected chi connectivity index (χ4v) is 3.79. The van der Waals surface area contributed by atoms with Gasteiger partial charge in [-0.05, 0) is 41.8 Å². The molecule has 1 atom stereocenters. The van der Waals surface area contributed by atoms with Crippen LogP contribution in [0.15, 0.2) is 61.2 Å². The minimum Gasteiger partial charge on any atom is -0.480 e. The number of aliphatic hydroxyl groups excluding tert-OH is 1. The van der Waals surface area contributed by atoms with E-state index in [0.717, 1.165) is 22.2 Å². The van der Waals surface area contributed by atoms with Crippen LogP contribution >= 0.6 is 0 Å². The third-order valence-corrected chi connectivity index (χ3v) is 5.33. The summed E-state index contributed by atoms with van der Waals surface area (Å²) in [5.41, 5.74) is 3.94. The number of nitrogens with zero attached hydrogens (tertiary/aromatic N) is 4. The number of aliphatic hydroxyl groups is 1. The molecule has 0 spiro atoms. The van der Waals surface area contributed by atoms with Crippen molar-refractivity contribution >= 4 is 22.8 Å². The van der Waals surface area contributed by atoms with Crippen molar-refractivity contribution in [2.24, 2.45) is 0 Å². The van der Waals surface area contributed by atoms with E-state index in [2.05, 4.69) is 20.4 Å². The molecule has 0 fully saturated rings. The van der Waals surface area contributed by atoms with Crippen LogP contribution in [0.1, 0.15) is 32.7 Å². The molecule has 168 valence electrons. The summed E-state index contributed by atoms with van der Waals surface area (Å²) in [5, 5.41) is 26.9. The number of pyridine rings is 1. The van der Waals surface area contributed by atoms with E-state index in [1.165, 1.54) is 6.33 Å². The van der Waals surface area contributed by atoms with Crippen molar-refractivity contribution in [1.82, 2.24) is 25.1 Å². The van der Waals surface area contributed by atoms with Gasteiger partial charge in [-0.2, -0.15) is 5.10 Å². The molecule has 2 heterocycles. The van der Waals surface area contributed by atoms with Gasteiger partial charge in [-0.15, -0.1) is 0 Å². The highest BCUT2D eigenvalue weighted by Gasteiger charge is 2.23. The molecule has 3 N–H and O–H groups in total. The summed E-state index contributed by atoms with van der Waals surface area (Å²) in [6.07, 6.45) is 3.06. The number of carboxylic acid groups (broad SMARTS) is 1. The fraction of sp³-hybridized carbons (Fsp3) is 0.208. The number of amides is 1. The highest BCUT2D eigenvalue weighted by atomic mass is 16.4. The molecule has 9 heteroatoms. The van der Waals surface area contributed by atoms with Gasteiger partial charge in [-0.1, -0.05) is 30.3 Å². The molecular formula is C24H23N5O4. The Labute approximate surface area is 189 Å². The van der Waals surface area contributed by atoms with Crippen LogP contribution in [0, 0.1) is 6.92 Å². The number of aliphatic carboxylic acids is 1. The summed E-state index contributed by atoms with van der Waals surface area (Å²) in [7, 11) is 0. The van der Waals surface area contributed by atoms with E-state index in [1.807, 2.05) is 19.1 Å². The standard InChI is InChI=1S/C24H23N5O4/c1-15-8-19(12-30)20-7-3-5-17(22(20)27-15)10-21(24(32)33)28-23(31)18-6-2-4-16(9-18)11-29-14-25-13-26-29/h2-9,13-14,21,30H,10-12H2,1H3,(H,28,31)(H,32,33)/t21-/m0/s1. The van der Waals surface area contributed by atoms with Gasteiger partial charge in [0.1, 0.15) is 18.7 Å². The summed E-state index contributed by atoms with van der Waals surface area (Å²) in [4.78, 5) is 33.3. The Hall–Kier alpha value is -4.11. The molecule has 2 aromatic carbocycles. The van der Waals surface area contributed by atoms with E-state index in [9.17, 15) is 19.8 Å². The topological polar surface area (TPSA) is 130 Å². The van der Waals surface area contributed by atoms with E-state index >= 15 is 0 Å². The first-order chi connectivity index (χ1) is 15.9. The van der Waals surface area contributed by atoms with Crippen LogP contribution in [-0.4, -0.2) is 47.9 Å². The Morgan fingerprint density at radius 3 is 2.67 bits per heavy atom. The minimum atomic E-state index is -1.15. The first-order valence-electron chi connectivity index (χ1n) is 10.4.